The van der Waals surface area contributed by atoms with Crippen LogP contribution >= 0.6 is 0 Å². The molecule has 1 heterocycles. The highest BCUT2D eigenvalue weighted by atomic mass is 35.7. The Kier molecular flexibility index (Phi) is 4.85. The number of hydrogen-bond acceptors (Lipinski definition) is 7. The van der Waals surface area contributed by atoms with Crippen LogP contribution < -0.4 is 23.5 Å². The highest BCUT2D eigenvalue weighted by Gasteiger charge is 2.38. The summed E-state index contributed by atoms with van der Waals surface area (Å²) in [5, 5.41) is 0. The van der Waals surface area contributed by atoms with Crippen molar-refractivity contribution in [3.8, 4) is 11.5 Å². The highest BCUT2D eigenvalue weighted by Crippen LogP contribution is 2.42. The van der Waals surface area contributed by atoms with Crippen LogP contribution in [0.1, 0.15) is 23.0 Å². The van der Waals surface area contributed by atoms with Crippen molar-refractivity contribution in [2.24, 2.45) is 0 Å². The van der Waals surface area contributed by atoms with Crippen molar-refractivity contribution in [1.29, 1.82) is 0 Å². The summed E-state index contributed by atoms with van der Waals surface area (Å²) in [6, 6.07) is 12.2. The van der Waals surface area contributed by atoms with E-state index >= 15 is 0 Å². The summed E-state index contributed by atoms with van der Waals surface area (Å²) in [7, 11) is -1.76. The van der Waals surface area contributed by atoms with Gasteiger partial charge in [0, 0.05) is 11.1 Å². The Labute approximate surface area is 146 Å². The first kappa shape index (κ1) is 17.5. The lowest BCUT2D eigenvalue weighted by Crippen LogP contribution is -2.61. The molecule has 0 radical (unpaired) electrons. The minimum absolute atomic E-state index is 0.337. The Bertz CT molecular complexity index is 784. The lowest BCUT2D eigenvalue weighted by molar-refractivity contribution is -1.92. The summed E-state index contributed by atoms with van der Waals surface area (Å²) in [6.07, 6.45) is 0.278. The normalized spacial score (nSPS) is 16.5. The van der Waals surface area contributed by atoms with Gasteiger partial charge >= 0.3 is 6.29 Å². The van der Waals surface area contributed by atoms with Crippen LogP contribution in [0.5, 0.6) is 11.5 Å². The van der Waals surface area contributed by atoms with Gasteiger partial charge in [0.25, 0.3) is 0 Å². The average Bonchev–Trinajstić information content (AvgIpc) is 2.59. The van der Waals surface area contributed by atoms with Crippen LogP contribution in [0.25, 0.3) is 11.8 Å². The maximum absolute atomic E-state index is 11.1. The van der Waals surface area contributed by atoms with E-state index in [9.17, 15) is 14.0 Å². The molecule has 2 aromatic carbocycles. The molecule has 132 valence electrons. The minimum Gasteiger partial charge on any atom is -0.493 e. The first-order valence-corrected chi connectivity index (χ1v) is 8.43. The van der Waals surface area contributed by atoms with E-state index in [-0.39, 0.29) is 0 Å². The fourth-order valence-corrected chi connectivity index (χ4v) is 2.84. The van der Waals surface area contributed by atoms with E-state index in [0.717, 1.165) is 0 Å². The predicted octanol–water partition coefficient (Wildman–Crippen LogP) is 0.145. The van der Waals surface area contributed by atoms with Crippen molar-refractivity contribution >= 4 is 11.8 Å². The van der Waals surface area contributed by atoms with Crippen molar-refractivity contribution in [1.82, 2.24) is 0 Å². The Morgan fingerprint density at radius 3 is 2.20 bits per heavy atom. The smallest absolute Gasteiger partial charge is 0.379 e. The number of fused-ring (bicyclic) bond motifs is 1. The van der Waals surface area contributed by atoms with Gasteiger partial charge in [0.15, 0.2) is 11.5 Å². The van der Waals surface area contributed by atoms with E-state index in [2.05, 4.69) is 4.29 Å². The Morgan fingerprint density at radius 1 is 0.960 bits per heavy atom. The zero-order chi connectivity index (χ0) is 18.0. The fraction of sp³-hybridized carbons (Fsp3) is 0.176. The molecule has 0 saturated heterocycles. The number of ether oxygens (including phenoxy) is 3. The highest BCUT2D eigenvalue weighted by molar-refractivity contribution is 5.81. The summed E-state index contributed by atoms with van der Waals surface area (Å²) in [5.41, 5.74) is 1.63. The molecule has 0 amide bonds. The molecule has 1 aliphatic heterocycles. The number of rotatable bonds is 5. The van der Waals surface area contributed by atoms with E-state index < -0.39 is 16.5 Å². The van der Waals surface area contributed by atoms with E-state index in [0.29, 0.717) is 33.9 Å². The van der Waals surface area contributed by atoms with Gasteiger partial charge in [-0.15, -0.1) is 0 Å². The molecule has 0 fully saturated rings. The van der Waals surface area contributed by atoms with Crippen LogP contribution in [0.3, 0.4) is 0 Å². The second kappa shape index (κ2) is 6.91. The maximum atomic E-state index is 11.1. The van der Waals surface area contributed by atoms with Gasteiger partial charge in [-0.05, 0) is 23.8 Å². The molecular weight excluding hydrogens is 352 g/mol. The zero-order valence-corrected chi connectivity index (χ0v) is 14.2. The molecule has 0 saturated carbocycles. The molecule has 3 rings (SSSR count). The van der Waals surface area contributed by atoms with Crippen molar-refractivity contribution in [2.75, 3.05) is 14.2 Å². The first-order valence-electron chi connectivity index (χ1n) is 7.20. The largest absolute Gasteiger partial charge is 0.493 e. The van der Waals surface area contributed by atoms with Gasteiger partial charge in [0.2, 0.25) is 0 Å². The van der Waals surface area contributed by atoms with E-state index in [1.54, 1.807) is 24.3 Å². The fourth-order valence-electron chi connectivity index (χ4n) is 2.51. The quantitative estimate of drug-likeness (QED) is 0.741. The van der Waals surface area contributed by atoms with Gasteiger partial charge in [-0.2, -0.15) is 14.0 Å². The molecule has 0 spiro atoms. The third-order valence-corrected chi connectivity index (χ3v) is 3.99. The zero-order valence-electron chi connectivity index (χ0n) is 13.4. The third-order valence-electron chi connectivity index (χ3n) is 3.61. The van der Waals surface area contributed by atoms with Gasteiger partial charge < -0.3 is 14.2 Å². The standard InChI is InChI=1S/C17H15ClO7/c1-22-15-9-12-8-14(11-6-4-3-5-7-11)24-17(25-18(19,20)21)13(12)10-16(15)23-2/h3-10,17H,1-2H3. The van der Waals surface area contributed by atoms with Gasteiger partial charge in [-0.25, -0.2) is 0 Å². The molecule has 1 atom stereocenters. The van der Waals surface area contributed by atoms with Crippen molar-refractivity contribution in [3.63, 3.8) is 0 Å². The number of hydrogen-bond donors (Lipinski definition) is 0. The van der Waals surface area contributed by atoms with Gasteiger partial charge in [0.1, 0.15) is 10.0 Å². The molecule has 0 N–H and O–H groups in total. The van der Waals surface area contributed by atoms with Crippen LogP contribution in [-0.4, -0.2) is 14.2 Å². The molecule has 2 aromatic rings. The van der Waals surface area contributed by atoms with Crippen molar-refractivity contribution in [2.45, 2.75) is 6.29 Å². The number of methoxy groups -OCH3 is 2. The van der Waals surface area contributed by atoms with Crippen LogP contribution in [0, 0.1) is 10.2 Å². The Balaban J connectivity index is 2.11. The molecule has 7 nitrogen and oxygen atoms in total. The van der Waals surface area contributed by atoms with Crippen molar-refractivity contribution < 1.29 is 42.7 Å². The van der Waals surface area contributed by atoms with Crippen LogP contribution in [0.4, 0.5) is 0 Å². The van der Waals surface area contributed by atoms with Gasteiger partial charge in [-0.3, -0.25) is 0 Å². The van der Waals surface area contributed by atoms with E-state index in [1.165, 1.54) is 20.3 Å². The molecule has 8 heteroatoms. The molecule has 1 aliphatic rings. The second-order valence-electron chi connectivity index (χ2n) is 5.13. The summed E-state index contributed by atoms with van der Waals surface area (Å²) in [4.78, 5) is 0. The molecule has 0 aliphatic carbocycles. The van der Waals surface area contributed by atoms with Crippen molar-refractivity contribution in [3.05, 3.63) is 59.2 Å². The predicted molar refractivity (Wildman–Crippen MR) is 78.8 cm³/mol. The van der Waals surface area contributed by atoms with Gasteiger partial charge in [0.05, 0.1) is 24.5 Å². The topological polar surface area (TPSA) is 106 Å². The average molecular weight is 367 g/mol. The Morgan fingerprint density at radius 2 is 1.60 bits per heavy atom. The third kappa shape index (κ3) is 3.87. The first-order chi connectivity index (χ1) is 11.9. The SMILES string of the molecule is COc1cc2c(cc1OC)C(O[Cl+3]([O-])([O-])[O-])OC(c1ccccc1)=C2. The van der Waals surface area contributed by atoms with Gasteiger partial charge in [-0.1, -0.05) is 30.3 Å². The summed E-state index contributed by atoms with van der Waals surface area (Å²) < 4.78 is 53.8. The second-order valence-corrected chi connectivity index (χ2v) is 6.06. The summed E-state index contributed by atoms with van der Waals surface area (Å²) >= 11 is 0. The summed E-state index contributed by atoms with van der Waals surface area (Å²) in [5.74, 6) is 1.17. The molecular formula is C17H15ClO7. The molecule has 0 bridgehead atoms. The lowest BCUT2D eigenvalue weighted by atomic mass is 10.0. The van der Waals surface area contributed by atoms with Crippen LogP contribution in [-0.2, 0) is 9.03 Å². The van der Waals surface area contributed by atoms with Crippen LogP contribution in [0.2, 0.25) is 0 Å². The maximum Gasteiger partial charge on any atom is 0.379 e. The Hall–Kier alpha value is -2.29. The molecule has 25 heavy (non-hydrogen) atoms. The van der Waals surface area contributed by atoms with E-state index in [1.807, 2.05) is 18.2 Å². The molecule has 1 unspecified atom stereocenters. The van der Waals surface area contributed by atoms with Crippen LogP contribution in [0.15, 0.2) is 42.5 Å². The molecule has 0 aromatic heterocycles. The minimum atomic E-state index is -4.69. The number of halogens is 1. The van der Waals surface area contributed by atoms with E-state index in [4.69, 9.17) is 14.2 Å². The lowest BCUT2D eigenvalue weighted by Gasteiger charge is -2.26. The monoisotopic (exact) mass is 366 g/mol. The number of benzene rings is 2. The summed E-state index contributed by atoms with van der Waals surface area (Å²) in [6.45, 7) is 0.